The SMILES string of the molecule is CCCCCCN1CCN(C(=O)C(C)C)CC1. The van der Waals surface area contributed by atoms with Crippen molar-refractivity contribution in [1.29, 1.82) is 0 Å². The number of nitrogens with zero attached hydrogens (tertiary/aromatic N) is 2. The normalized spacial score (nSPS) is 17.8. The Labute approximate surface area is 106 Å². The second-order valence-electron chi connectivity index (χ2n) is 5.38. The van der Waals surface area contributed by atoms with Crippen molar-refractivity contribution in [2.24, 2.45) is 5.92 Å². The van der Waals surface area contributed by atoms with Crippen LogP contribution in [0.5, 0.6) is 0 Å². The first-order valence-corrected chi connectivity index (χ1v) is 7.16. The Balaban J connectivity index is 2.15. The smallest absolute Gasteiger partial charge is 0.225 e. The van der Waals surface area contributed by atoms with Crippen LogP contribution in [0.4, 0.5) is 0 Å². The molecule has 0 radical (unpaired) electrons. The predicted octanol–water partition coefficient (Wildman–Crippen LogP) is 2.37. The van der Waals surface area contributed by atoms with Gasteiger partial charge in [0.2, 0.25) is 5.91 Å². The van der Waals surface area contributed by atoms with E-state index in [0.717, 1.165) is 26.2 Å². The van der Waals surface area contributed by atoms with Gasteiger partial charge in [0.1, 0.15) is 0 Å². The minimum atomic E-state index is 0.145. The molecule has 0 atom stereocenters. The van der Waals surface area contributed by atoms with Crippen molar-refractivity contribution in [2.45, 2.75) is 46.5 Å². The van der Waals surface area contributed by atoms with Crippen LogP contribution in [-0.4, -0.2) is 48.4 Å². The average molecular weight is 240 g/mol. The summed E-state index contributed by atoms with van der Waals surface area (Å²) in [6.45, 7) is 11.4. The second kappa shape index (κ2) is 7.70. The first-order valence-electron chi connectivity index (χ1n) is 7.16. The average Bonchev–Trinajstić information content (AvgIpc) is 2.34. The van der Waals surface area contributed by atoms with E-state index in [1.165, 1.54) is 32.2 Å². The lowest BCUT2D eigenvalue weighted by Gasteiger charge is -2.35. The Bertz CT molecular complexity index is 220. The third-order valence-corrected chi connectivity index (χ3v) is 3.51. The van der Waals surface area contributed by atoms with Crippen LogP contribution in [0, 0.1) is 5.92 Å². The van der Waals surface area contributed by atoms with E-state index in [2.05, 4.69) is 11.8 Å². The highest BCUT2D eigenvalue weighted by Gasteiger charge is 2.22. The molecule has 0 aromatic carbocycles. The molecule has 1 saturated heterocycles. The Morgan fingerprint density at radius 3 is 2.24 bits per heavy atom. The highest BCUT2D eigenvalue weighted by Crippen LogP contribution is 2.08. The van der Waals surface area contributed by atoms with E-state index >= 15 is 0 Å². The van der Waals surface area contributed by atoms with Crippen molar-refractivity contribution in [2.75, 3.05) is 32.7 Å². The van der Waals surface area contributed by atoms with Gasteiger partial charge in [-0.2, -0.15) is 0 Å². The van der Waals surface area contributed by atoms with Crippen LogP contribution in [0.2, 0.25) is 0 Å². The minimum absolute atomic E-state index is 0.145. The number of piperazine rings is 1. The molecule has 0 aromatic heterocycles. The third-order valence-electron chi connectivity index (χ3n) is 3.51. The van der Waals surface area contributed by atoms with Crippen LogP contribution in [0.1, 0.15) is 46.5 Å². The van der Waals surface area contributed by atoms with Crippen LogP contribution in [0.3, 0.4) is 0 Å². The molecule has 3 heteroatoms. The molecule has 0 spiro atoms. The summed E-state index contributed by atoms with van der Waals surface area (Å²) in [5, 5.41) is 0. The maximum Gasteiger partial charge on any atom is 0.225 e. The standard InChI is InChI=1S/C14H28N2O/c1-4-5-6-7-8-15-9-11-16(12-10-15)14(17)13(2)3/h13H,4-12H2,1-3H3. The number of unbranched alkanes of at least 4 members (excludes halogenated alkanes) is 3. The highest BCUT2D eigenvalue weighted by atomic mass is 16.2. The molecule has 3 nitrogen and oxygen atoms in total. The number of hydrogen-bond donors (Lipinski definition) is 0. The minimum Gasteiger partial charge on any atom is -0.340 e. The van der Waals surface area contributed by atoms with Gasteiger partial charge in [-0.3, -0.25) is 9.69 Å². The van der Waals surface area contributed by atoms with E-state index < -0.39 is 0 Å². The summed E-state index contributed by atoms with van der Waals surface area (Å²) in [5.74, 6) is 0.460. The van der Waals surface area contributed by atoms with Crippen LogP contribution < -0.4 is 0 Å². The highest BCUT2D eigenvalue weighted by molar-refractivity contribution is 5.78. The van der Waals surface area contributed by atoms with Crippen LogP contribution in [0.15, 0.2) is 0 Å². The fourth-order valence-electron chi connectivity index (χ4n) is 2.32. The van der Waals surface area contributed by atoms with Gasteiger partial charge in [0, 0.05) is 32.1 Å². The lowest BCUT2D eigenvalue weighted by atomic mass is 10.1. The Hall–Kier alpha value is -0.570. The quantitative estimate of drug-likeness (QED) is 0.665. The van der Waals surface area contributed by atoms with Crippen LogP contribution in [0.25, 0.3) is 0 Å². The molecule has 1 aliphatic rings. The zero-order valence-corrected chi connectivity index (χ0v) is 11.7. The van der Waals surface area contributed by atoms with Gasteiger partial charge in [0.05, 0.1) is 0 Å². The molecule has 0 aromatic rings. The zero-order chi connectivity index (χ0) is 12.7. The summed E-state index contributed by atoms with van der Waals surface area (Å²) in [5.41, 5.74) is 0. The maximum atomic E-state index is 11.8. The molecular weight excluding hydrogens is 212 g/mol. The molecule has 0 saturated carbocycles. The largest absolute Gasteiger partial charge is 0.340 e. The van der Waals surface area contributed by atoms with E-state index in [0.29, 0.717) is 5.91 Å². The molecule has 0 bridgehead atoms. The summed E-state index contributed by atoms with van der Waals surface area (Å²) in [7, 11) is 0. The van der Waals surface area contributed by atoms with Crippen molar-refractivity contribution in [3.8, 4) is 0 Å². The number of amides is 1. The summed E-state index contributed by atoms with van der Waals surface area (Å²) in [6.07, 6.45) is 5.32. The Morgan fingerprint density at radius 2 is 1.71 bits per heavy atom. The molecule has 1 rings (SSSR count). The third kappa shape index (κ3) is 5.07. The molecule has 1 aliphatic heterocycles. The van der Waals surface area contributed by atoms with Gasteiger partial charge in [-0.1, -0.05) is 40.0 Å². The van der Waals surface area contributed by atoms with Gasteiger partial charge < -0.3 is 4.90 Å². The molecular formula is C14H28N2O. The molecule has 0 aliphatic carbocycles. The van der Waals surface area contributed by atoms with Gasteiger partial charge in [-0.15, -0.1) is 0 Å². The first kappa shape index (κ1) is 14.5. The summed E-state index contributed by atoms with van der Waals surface area (Å²) < 4.78 is 0. The van der Waals surface area contributed by atoms with Gasteiger partial charge >= 0.3 is 0 Å². The number of carbonyl (C=O) groups is 1. The Morgan fingerprint density at radius 1 is 1.06 bits per heavy atom. The lowest BCUT2D eigenvalue weighted by molar-refractivity contribution is -0.136. The van der Waals surface area contributed by atoms with Crippen molar-refractivity contribution in [3.05, 3.63) is 0 Å². The Kier molecular flexibility index (Phi) is 6.56. The molecule has 0 N–H and O–H groups in total. The second-order valence-corrected chi connectivity index (χ2v) is 5.38. The van der Waals surface area contributed by atoms with Gasteiger partial charge in [-0.25, -0.2) is 0 Å². The molecule has 17 heavy (non-hydrogen) atoms. The number of hydrogen-bond acceptors (Lipinski definition) is 2. The van der Waals surface area contributed by atoms with E-state index in [4.69, 9.17) is 0 Å². The van der Waals surface area contributed by atoms with Crippen molar-refractivity contribution < 1.29 is 4.79 Å². The van der Waals surface area contributed by atoms with Gasteiger partial charge in [-0.05, 0) is 13.0 Å². The zero-order valence-electron chi connectivity index (χ0n) is 11.7. The van der Waals surface area contributed by atoms with E-state index in [1.807, 2.05) is 18.7 Å². The van der Waals surface area contributed by atoms with Gasteiger partial charge in [0.15, 0.2) is 0 Å². The van der Waals surface area contributed by atoms with Crippen molar-refractivity contribution in [1.82, 2.24) is 9.80 Å². The molecule has 1 amide bonds. The van der Waals surface area contributed by atoms with E-state index in [-0.39, 0.29) is 5.92 Å². The molecule has 100 valence electrons. The van der Waals surface area contributed by atoms with E-state index in [9.17, 15) is 4.79 Å². The summed E-state index contributed by atoms with van der Waals surface area (Å²) in [4.78, 5) is 16.3. The first-order chi connectivity index (χ1) is 8.15. The predicted molar refractivity (Wildman–Crippen MR) is 72.0 cm³/mol. The molecule has 1 fully saturated rings. The van der Waals surface area contributed by atoms with Crippen LogP contribution >= 0.6 is 0 Å². The van der Waals surface area contributed by atoms with Crippen molar-refractivity contribution >= 4 is 5.91 Å². The fraction of sp³-hybridized carbons (Fsp3) is 0.929. The molecule has 0 unspecified atom stereocenters. The van der Waals surface area contributed by atoms with Crippen molar-refractivity contribution in [3.63, 3.8) is 0 Å². The van der Waals surface area contributed by atoms with E-state index in [1.54, 1.807) is 0 Å². The lowest BCUT2D eigenvalue weighted by Crippen LogP contribution is -2.49. The molecule has 1 heterocycles. The number of carbonyl (C=O) groups excluding carboxylic acids is 1. The number of rotatable bonds is 6. The van der Waals surface area contributed by atoms with Crippen LogP contribution in [-0.2, 0) is 4.79 Å². The summed E-state index contributed by atoms with van der Waals surface area (Å²) >= 11 is 0. The van der Waals surface area contributed by atoms with Gasteiger partial charge in [0.25, 0.3) is 0 Å². The topological polar surface area (TPSA) is 23.6 Å². The monoisotopic (exact) mass is 240 g/mol. The maximum absolute atomic E-state index is 11.8. The fourth-order valence-corrected chi connectivity index (χ4v) is 2.32. The summed E-state index contributed by atoms with van der Waals surface area (Å²) in [6, 6.07) is 0.